The number of halogens is 3. The van der Waals surface area contributed by atoms with E-state index in [0.29, 0.717) is 0 Å². The van der Waals surface area contributed by atoms with Crippen molar-refractivity contribution in [3.05, 3.63) is 11.6 Å². The third-order valence-electron chi connectivity index (χ3n) is 4.29. The molecular weight excluding hydrogens is 283 g/mol. The number of carbonyl (C=O) groups excluding carboxylic acids is 1. The molecule has 1 N–H and O–H groups in total. The van der Waals surface area contributed by atoms with Crippen LogP contribution in [0.2, 0.25) is 0 Å². The quantitative estimate of drug-likeness (QED) is 0.783. The van der Waals surface area contributed by atoms with Gasteiger partial charge in [-0.15, -0.1) is 0 Å². The third-order valence-corrected chi connectivity index (χ3v) is 4.29. The van der Waals surface area contributed by atoms with Crippen LogP contribution >= 0.6 is 0 Å². The zero-order chi connectivity index (χ0) is 15.7. The first-order valence-electron chi connectivity index (χ1n) is 7.24. The molecule has 0 aromatic heterocycles. The lowest BCUT2D eigenvalue weighted by atomic mass is 9.97. The van der Waals surface area contributed by atoms with Gasteiger partial charge in [0.2, 0.25) is 5.91 Å². The zero-order valence-corrected chi connectivity index (χ0v) is 12.5. The molecule has 0 atom stereocenters. The van der Waals surface area contributed by atoms with Gasteiger partial charge in [0.1, 0.15) is 0 Å². The number of hydrogen-bond acceptors (Lipinski definition) is 3. The summed E-state index contributed by atoms with van der Waals surface area (Å²) in [5, 5.41) is 3.23. The fourth-order valence-electron chi connectivity index (χ4n) is 2.86. The summed E-state index contributed by atoms with van der Waals surface area (Å²) in [5.41, 5.74) is -1.20. The summed E-state index contributed by atoms with van der Waals surface area (Å²) < 4.78 is 37.8. The molecule has 2 rings (SSSR count). The zero-order valence-electron chi connectivity index (χ0n) is 12.5. The van der Waals surface area contributed by atoms with Crippen LogP contribution in [-0.2, 0) is 4.79 Å². The molecule has 2 aliphatic heterocycles. The summed E-state index contributed by atoms with van der Waals surface area (Å²) in [6.07, 6.45) is -3.26. The normalized spacial score (nSPS) is 22.1. The van der Waals surface area contributed by atoms with Gasteiger partial charge in [-0.25, -0.2) is 0 Å². The van der Waals surface area contributed by atoms with E-state index in [1.807, 2.05) is 13.8 Å². The first-order chi connectivity index (χ1) is 9.73. The van der Waals surface area contributed by atoms with Gasteiger partial charge in [0, 0.05) is 44.8 Å². The standard InChI is InChI=1S/C14H22F3N3O/c1-13(2,20-9-5-18-6-10-20)12(21)19-7-3-11(4-8-19)14(15,16)17/h3,18H,4-10H2,1-2H3. The third kappa shape index (κ3) is 3.58. The van der Waals surface area contributed by atoms with E-state index in [2.05, 4.69) is 10.2 Å². The van der Waals surface area contributed by atoms with Crippen LogP contribution in [0.4, 0.5) is 13.2 Å². The Hall–Kier alpha value is -1.08. The van der Waals surface area contributed by atoms with Gasteiger partial charge in [-0.05, 0) is 20.3 Å². The Morgan fingerprint density at radius 3 is 2.29 bits per heavy atom. The highest BCUT2D eigenvalue weighted by Crippen LogP contribution is 2.31. The molecule has 0 bridgehead atoms. The number of nitrogens with zero attached hydrogens (tertiary/aromatic N) is 2. The predicted octanol–water partition coefficient (Wildman–Crippen LogP) is 1.39. The molecule has 0 aliphatic carbocycles. The van der Waals surface area contributed by atoms with Crippen LogP contribution in [0.1, 0.15) is 20.3 Å². The number of alkyl halides is 3. The summed E-state index contributed by atoms with van der Waals surface area (Å²) in [5.74, 6) is -0.0955. The van der Waals surface area contributed by atoms with Gasteiger partial charge in [0.25, 0.3) is 0 Å². The minimum Gasteiger partial charge on any atom is -0.337 e. The molecule has 1 saturated heterocycles. The topological polar surface area (TPSA) is 35.6 Å². The molecular formula is C14H22F3N3O. The molecule has 2 heterocycles. The van der Waals surface area contributed by atoms with Gasteiger partial charge in [-0.1, -0.05) is 6.08 Å². The second-order valence-corrected chi connectivity index (χ2v) is 6.02. The number of rotatable bonds is 2. The van der Waals surface area contributed by atoms with Crippen LogP contribution in [-0.4, -0.2) is 66.7 Å². The molecule has 0 aromatic rings. The Balaban J connectivity index is 2.02. The minimum atomic E-state index is -4.27. The van der Waals surface area contributed by atoms with Crippen molar-refractivity contribution >= 4 is 5.91 Å². The average molecular weight is 305 g/mol. The number of nitrogens with one attached hydrogen (secondary N) is 1. The number of hydrogen-bond donors (Lipinski definition) is 1. The molecule has 1 amide bonds. The highest BCUT2D eigenvalue weighted by Gasteiger charge is 2.40. The predicted molar refractivity (Wildman–Crippen MR) is 73.9 cm³/mol. The Morgan fingerprint density at radius 2 is 1.81 bits per heavy atom. The fourth-order valence-corrected chi connectivity index (χ4v) is 2.86. The van der Waals surface area contributed by atoms with Crippen LogP contribution in [0.25, 0.3) is 0 Å². The molecule has 0 unspecified atom stereocenters. The highest BCUT2D eigenvalue weighted by atomic mass is 19.4. The first kappa shape index (κ1) is 16.3. The molecule has 2 aliphatic rings. The summed E-state index contributed by atoms with van der Waals surface area (Å²) >= 11 is 0. The molecule has 4 nitrogen and oxygen atoms in total. The first-order valence-corrected chi connectivity index (χ1v) is 7.24. The molecule has 0 radical (unpaired) electrons. The lowest BCUT2D eigenvalue weighted by Crippen LogP contribution is -2.61. The Labute approximate surface area is 123 Å². The summed E-state index contributed by atoms with van der Waals surface area (Å²) in [7, 11) is 0. The summed E-state index contributed by atoms with van der Waals surface area (Å²) in [6.45, 7) is 7.09. The van der Waals surface area contributed by atoms with Crippen molar-refractivity contribution in [2.24, 2.45) is 0 Å². The maximum Gasteiger partial charge on any atom is 0.412 e. The summed E-state index contributed by atoms with van der Waals surface area (Å²) in [6, 6.07) is 0. The van der Waals surface area contributed by atoms with E-state index < -0.39 is 17.3 Å². The largest absolute Gasteiger partial charge is 0.412 e. The lowest BCUT2D eigenvalue weighted by molar-refractivity contribution is -0.143. The fraction of sp³-hybridized carbons (Fsp3) is 0.786. The average Bonchev–Trinajstić information content (AvgIpc) is 2.46. The van der Waals surface area contributed by atoms with Crippen molar-refractivity contribution < 1.29 is 18.0 Å². The lowest BCUT2D eigenvalue weighted by Gasteiger charge is -2.43. The van der Waals surface area contributed by atoms with Crippen molar-refractivity contribution in [3.8, 4) is 0 Å². The molecule has 0 spiro atoms. The van der Waals surface area contributed by atoms with Crippen molar-refractivity contribution in [2.45, 2.75) is 32.0 Å². The molecule has 120 valence electrons. The monoisotopic (exact) mass is 305 g/mol. The van der Waals surface area contributed by atoms with Crippen molar-refractivity contribution in [1.82, 2.24) is 15.1 Å². The number of amides is 1. The van der Waals surface area contributed by atoms with Crippen LogP contribution in [0.3, 0.4) is 0 Å². The van der Waals surface area contributed by atoms with Crippen LogP contribution in [0.5, 0.6) is 0 Å². The molecule has 0 aromatic carbocycles. The SMILES string of the molecule is CC(C)(C(=O)N1CC=C(C(F)(F)F)CC1)N1CCNCC1. The van der Waals surface area contributed by atoms with E-state index >= 15 is 0 Å². The Bertz CT molecular complexity index is 426. The van der Waals surface area contributed by atoms with Crippen molar-refractivity contribution in [1.29, 1.82) is 0 Å². The second-order valence-electron chi connectivity index (χ2n) is 6.02. The van der Waals surface area contributed by atoms with Crippen LogP contribution in [0.15, 0.2) is 11.6 Å². The number of carbonyl (C=O) groups is 1. The molecule has 0 saturated carbocycles. The van der Waals surface area contributed by atoms with E-state index in [9.17, 15) is 18.0 Å². The molecule has 1 fully saturated rings. The van der Waals surface area contributed by atoms with Gasteiger partial charge in [0.15, 0.2) is 0 Å². The van der Waals surface area contributed by atoms with E-state index in [-0.39, 0.29) is 25.4 Å². The second kappa shape index (κ2) is 5.96. The van der Waals surface area contributed by atoms with Gasteiger partial charge >= 0.3 is 6.18 Å². The van der Waals surface area contributed by atoms with Gasteiger partial charge < -0.3 is 10.2 Å². The van der Waals surface area contributed by atoms with E-state index in [0.717, 1.165) is 32.3 Å². The van der Waals surface area contributed by atoms with E-state index in [1.54, 1.807) is 0 Å². The van der Waals surface area contributed by atoms with E-state index in [1.165, 1.54) is 4.90 Å². The van der Waals surface area contributed by atoms with Crippen LogP contribution in [0, 0.1) is 0 Å². The summed E-state index contributed by atoms with van der Waals surface area (Å²) in [4.78, 5) is 16.2. The minimum absolute atomic E-state index is 0.0448. The van der Waals surface area contributed by atoms with Crippen LogP contribution < -0.4 is 5.32 Å². The Kier molecular flexibility index (Phi) is 4.63. The number of piperazine rings is 1. The van der Waals surface area contributed by atoms with E-state index in [4.69, 9.17) is 0 Å². The smallest absolute Gasteiger partial charge is 0.337 e. The van der Waals surface area contributed by atoms with Gasteiger partial charge in [-0.2, -0.15) is 13.2 Å². The van der Waals surface area contributed by atoms with Gasteiger partial charge in [0.05, 0.1) is 5.54 Å². The molecule has 21 heavy (non-hydrogen) atoms. The highest BCUT2D eigenvalue weighted by molar-refractivity contribution is 5.85. The maximum atomic E-state index is 12.6. The maximum absolute atomic E-state index is 12.6. The van der Waals surface area contributed by atoms with Crippen molar-refractivity contribution in [2.75, 3.05) is 39.3 Å². The van der Waals surface area contributed by atoms with Crippen molar-refractivity contribution in [3.63, 3.8) is 0 Å². The van der Waals surface area contributed by atoms with Gasteiger partial charge in [-0.3, -0.25) is 9.69 Å². The molecule has 7 heteroatoms. The Morgan fingerprint density at radius 1 is 1.19 bits per heavy atom.